The van der Waals surface area contributed by atoms with E-state index in [-0.39, 0.29) is 5.54 Å². The minimum absolute atomic E-state index is 0.130. The van der Waals surface area contributed by atoms with Crippen LogP contribution in [0.15, 0.2) is 54.6 Å². The van der Waals surface area contributed by atoms with Crippen molar-refractivity contribution in [3.63, 3.8) is 0 Å². The lowest BCUT2D eigenvalue weighted by molar-refractivity contribution is 0.412. The first-order valence-electron chi connectivity index (χ1n) is 10.2. The van der Waals surface area contributed by atoms with Gasteiger partial charge < -0.3 is 14.8 Å². The number of rotatable bonds is 2. The molecule has 1 N–H and O–H groups in total. The molecule has 0 spiro atoms. The summed E-state index contributed by atoms with van der Waals surface area (Å²) >= 11 is 6.14. The van der Waals surface area contributed by atoms with Gasteiger partial charge in [0.2, 0.25) is 0 Å². The van der Waals surface area contributed by atoms with E-state index in [0.717, 1.165) is 50.9 Å². The van der Waals surface area contributed by atoms with E-state index >= 15 is 0 Å². The molecule has 0 fully saturated rings. The van der Waals surface area contributed by atoms with E-state index in [4.69, 9.17) is 21.1 Å². The number of ether oxygens (including phenoxy) is 2. The van der Waals surface area contributed by atoms with Crippen molar-refractivity contribution in [3.05, 3.63) is 76.6 Å². The molecule has 3 aromatic rings. The summed E-state index contributed by atoms with van der Waals surface area (Å²) < 4.78 is 12.1. The third-order valence-corrected chi connectivity index (χ3v) is 5.80. The van der Waals surface area contributed by atoms with Gasteiger partial charge in [-0.3, -0.25) is 0 Å². The Morgan fingerprint density at radius 2 is 1.84 bits per heavy atom. The van der Waals surface area contributed by atoms with Crippen LogP contribution < -0.4 is 14.8 Å². The Morgan fingerprint density at radius 1 is 1.03 bits per heavy atom. The highest BCUT2D eigenvalue weighted by Gasteiger charge is 2.32. The molecule has 2 aromatic carbocycles. The van der Waals surface area contributed by atoms with Gasteiger partial charge in [0.25, 0.3) is 0 Å². The molecule has 156 valence electrons. The number of nitrogens with zero attached hydrogens (tertiary/aromatic N) is 1. The number of methoxy groups -OCH3 is 1. The predicted octanol–water partition coefficient (Wildman–Crippen LogP) is 6.91. The summed E-state index contributed by atoms with van der Waals surface area (Å²) in [6, 6.07) is 15.7. The number of halogens is 1. The van der Waals surface area contributed by atoms with Gasteiger partial charge in [0.15, 0.2) is 0 Å². The van der Waals surface area contributed by atoms with Crippen LogP contribution in [0.3, 0.4) is 0 Å². The summed E-state index contributed by atoms with van der Waals surface area (Å²) in [7, 11) is 1.68. The van der Waals surface area contributed by atoms with Gasteiger partial charge in [-0.2, -0.15) is 0 Å². The summed E-state index contributed by atoms with van der Waals surface area (Å²) in [6.45, 7) is 6.48. The van der Waals surface area contributed by atoms with Crippen LogP contribution in [0.5, 0.6) is 11.5 Å². The minimum atomic E-state index is -0.130. The molecule has 2 aliphatic rings. The predicted molar refractivity (Wildman–Crippen MR) is 128 cm³/mol. The van der Waals surface area contributed by atoms with Crippen molar-refractivity contribution in [2.45, 2.75) is 26.3 Å². The van der Waals surface area contributed by atoms with Gasteiger partial charge in [0.05, 0.1) is 23.9 Å². The van der Waals surface area contributed by atoms with Crippen LogP contribution in [0.25, 0.3) is 28.5 Å². The normalized spacial score (nSPS) is 16.9. The molecule has 5 rings (SSSR count). The summed E-state index contributed by atoms with van der Waals surface area (Å²) in [5.41, 5.74) is 7.06. The maximum atomic E-state index is 6.45. The van der Waals surface area contributed by atoms with Crippen molar-refractivity contribution in [1.82, 2.24) is 4.98 Å². The molecule has 0 saturated heterocycles. The standard InChI is InChI=1S/C26H23ClN2O2/c1-15-14-26(2,3)29-18-12-11-17-24-19(30-4)8-6-9-20(24)31-21(25(17)23(15)18)13-16-7-5-10-22(27)28-16/h5-14,29H,1-4H3. The van der Waals surface area contributed by atoms with E-state index in [1.54, 1.807) is 13.2 Å². The molecule has 1 aromatic heterocycles. The number of anilines is 1. The van der Waals surface area contributed by atoms with E-state index in [2.05, 4.69) is 49.3 Å². The van der Waals surface area contributed by atoms with Crippen LogP contribution in [-0.2, 0) is 0 Å². The minimum Gasteiger partial charge on any atom is -0.496 e. The van der Waals surface area contributed by atoms with Gasteiger partial charge in [0, 0.05) is 28.5 Å². The molecule has 0 unspecified atom stereocenters. The van der Waals surface area contributed by atoms with Gasteiger partial charge in [-0.15, -0.1) is 0 Å². The lowest BCUT2D eigenvalue weighted by atomic mass is 9.83. The molecular weight excluding hydrogens is 408 g/mol. The number of benzene rings is 2. The number of allylic oxidation sites excluding steroid dienone is 1. The van der Waals surface area contributed by atoms with Gasteiger partial charge in [-0.25, -0.2) is 4.98 Å². The maximum absolute atomic E-state index is 6.45. The molecule has 0 atom stereocenters. The van der Waals surface area contributed by atoms with Crippen molar-refractivity contribution >= 4 is 34.7 Å². The summed E-state index contributed by atoms with van der Waals surface area (Å²) in [5.74, 6) is 2.27. The van der Waals surface area contributed by atoms with Crippen LogP contribution in [0.4, 0.5) is 5.69 Å². The number of aromatic nitrogens is 1. The zero-order chi connectivity index (χ0) is 21.8. The molecular formula is C26H23ClN2O2. The summed E-state index contributed by atoms with van der Waals surface area (Å²) in [6.07, 6.45) is 4.20. The van der Waals surface area contributed by atoms with Crippen molar-refractivity contribution in [2.75, 3.05) is 12.4 Å². The molecule has 0 saturated carbocycles. The highest BCUT2D eigenvalue weighted by atomic mass is 35.5. The Bertz CT molecular complexity index is 1270. The number of nitrogens with one attached hydrogen (secondary N) is 1. The second-order valence-electron chi connectivity index (χ2n) is 8.41. The molecule has 3 heterocycles. The Morgan fingerprint density at radius 3 is 2.61 bits per heavy atom. The summed E-state index contributed by atoms with van der Waals surface area (Å²) in [5, 5.41) is 4.08. The topological polar surface area (TPSA) is 43.4 Å². The Balaban J connectivity index is 1.82. The first-order valence-corrected chi connectivity index (χ1v) is 10.6. The van der Waals surface area contributed by atoms with Crippen LogP contribution in [-0.4, -0.2) is 17.6 Å². The smallest absolute Gasteiger partial charge is 0.139 e. The number of hydrogen-bond donors (Lipinski definition) is 1. The second-order valence-corrected chi connectivity index (χ2v) is 8.80. The van der Waals surface area contributed by atoms with Crippen LogP contribution in [0, 0.1) is 0 Å². The molecule has 0 amide bonds. The van der Waals surface area contributed by atoms with Crippen molar-refractivity contribution < 1.29 is 9.47 Å². The van der Waals surface area contributed by atoms with E-state index in [9.17, 15) is 0 Å². The number of pyridine rings is 1. The third kappa shape index (κ3) is 3.37. The van der Waals surface area contributed by atoms with Crippen LogP contribution in [0.2, 0.25) is 5.15 Å². The van der Waals surface area contributed by atoms with Gasteiger partial charge in [-0.05, 0) is 56.7 Å². The number of fused-ring (bicyclic) bond motifs is 5. The molecule has 0 radical (unpaired) electrons. The van der Waals surface area contributed by atoms with Gasteiger partial charge in [0.1, 0.15) is 22.4 Å². The Hall–Kier alpha value is -3.24. The Kier molecular flexibility index (Phi) is 4.56. The quantitative estimate of drug-likeness (QED) is 0.448. The number of hydrogen-bond acceptors (Lipinski definition) is 4. The highest BCUT2D eigenvalue weighted by molar-refractivity contribution is 6.29. The van der Waals surface area contributed by atoms with E-state index in [1.165, 1.54) is 5.57 Å². The Labute approximate surface area is 187 Å². The zero-order valence-corrected chi connectivity index (χ0v) is 18.7. The SMILES string of the molecule is COc1cccc2c1-c1ccc3c(c1C(=Cc1cccc(Cl)n1)O2)C(C)=CC(C)(C)N3. The fourth-order valence-corrected chi connectivity index (χ4v) is 4.69. The average molecular weight is 431 g/mol. The lowest BCUT2D eigenvalue weighted by Gasteiger charge is -2.35. The monoisotopic (exact) mass is 430 g/mol. The van der Waals surface area contributed by atoms with Crippen LogP contribution >= 0.6 is 11.6 Å². The van der Waals surface area contributed by atoms with E-state index in [0.29, 0.717) is 5.15 Å². The van der Waals surface area contributed by atoms with Gasteiger partial charge >= 0.3 is 0 Å². The zero-order valence-electron chi connectivity index (χ0n) is 17.9. The fraction of sp³-hybridized carbons (Fsp3) is 0.192. The fourth-order valence-electron chi connectivity index (χ4n) is 4.52. The first kappa shape index (κ1) is 19.7. The molecule has 5 heteroatoms. The van der Waals surface area contributed by atoms with Gasteiger partial charge in [-0.1, -0.05) is 35.9 Å². The van der Waals surface area contributed by atoms with Crippen molar-refractivity contribution in [3.8, 4) is 22.6 Å². The lowest BCUT2D eigenvalue weighted by Crippen LogP contribution is -2.32. The molecule has 0 aliphatic carbocycles. The maximum Gasteiger partial charge on any atom is 0.139 e. The van der Waals surface area contributed by atoms with Crippen molar-refractivity contribution in [2.24, 2.45) is 0 Å². The van der Waals surface area contributed by atoms with E-state index < -0.39 is 0 Å². The largest absolute Gasteiger partial charge is 0.496 e. The van der Waals surface area contributed by atoms with Crippen molar-refractivity contribution in [1.29, 1.82) is 0 Å². The third-order valence-electron chi connectivity index (χ3n) is 5.59. The second kappa shape index (κ2) is 7.17. The van der Waals surface area contributed by atoms with E-state index in [1.807, 2.05) is 36.4 Å². The first-order chi connectivity index (χ1) is 14.9. The molecule has 4 nitrogen and oxygen atoms in total. The molecule has 0 bridgehead atoms. The summed E-state index contributed by atoms with van der Waals surface area (Å²) in [4.78, 5) is 4.44. The average Bonchev–Trinajstić information content (AvgIpc) is 2.72. The molecule has 2 aliphatic heterocycles. The highest BCUT2D eigenvalue weighted by Crippen LogP contribution is 2.51. The molecule has 31 heavy (non-hydrogen) atoms. The van der Waals surface area contributed by atoms with Crippen LogP contribution in [0.1, 0.15) is 37.6 Å².